The fourth-order valence-electron chi connectivity index (χ4n) is 1.89. The number of hydrogen-bond acceptors (Lipinski definition) is 3. The third-order valence-electron chi connectivity index (χ3n) is 3.46. The van der Waals surface area contributed by atoms with Gasteiger partial charge in [0, 0.05) is 13.6 Å². The average molecular weight is 451 g/mol. The van der Waals surface area contributed by atoms with Gasteiger partial charge in [0.05, 0.1) is 32.8 Å². The maximum atomic E-state index is 13.0. The molecule has 1 heterocycles. The molecule has 26 heavy (non-hydrogen) atoms. The Bertz CT molecular complexity index is 828. The van der Waals surface area contributed by atoms with Gasteiger partial charge in [0.1, 0.15) is 5.75 Å². The zero-order valence-electron chi connectivity index (χ0n) is 14.2. The molecule has 0 radical (unpaired) electrons. The van der Waals surface area contributed by atoms with E-state index in [1.54, 1.807) is 19.3 Å². The van der Waals surface area contributed by atoms with E-state index in [0.717, 1.165) is 18.7 Å². The van der Waals surface area contributed by atoms with E-state index in [4.69, 9.17) is 16.3 Å². The maximum Gasteiger partial charge on any atom is 0.417 e. The minimum atomic E-state index is -4.57. The summed E-state index contributed by atoms with van der Waals surface area (Å²) in [6, 6.07) is 5.02. The Hall–Kier alpha value is -1.80. The van der Waals surface area contributed by atoms with Crippen LogP contribution in [-0.2, 0) is 6.18 Å². The lowest BCUT2D eigenvalue weighted by atomic mass is 10.2. The maximum absolute atomic E-state index is 13.0. The van der Waals surface area contributed by atoms with Crippen molar-refractivity contribution in [2.75, 3.05) is 13.6 Å². The van der Waals surface area contributed by atoms with E-state index in [1.807, 2.05) is 18.9 Å². The first-order chi connectivity index (χ1) is 12.1. The Labute approximate surface area is 162 Å². The first-order valence-corrected chi connectivity index (χ1v) is 8.75. The number of rotatable bonds is 5. The van der Waals surface area contributed by atoms with Gasteiger partial charge in [0.25, 0.3) is 0 Å². The highest BCUT2D eigenvalue weighted by Gasteiger charge is 2.33. The predicted molar refractivity (Wildman–Crippen MR) is 99.7 cm³/mol. The topological polar surface area (TPSA) is 37.7 Å². The molecule has 2 rings (SSSR count). The van der Waals surface area contributed by atoms with Gasteiger partial charge in [-0.1, -0.05) is 11.6 Å². The van der Waals surface area contributed by atoms with Gasteiger partial charge in [-0.05, 0) is 54.0 Å². The van der Waals surface area contributed by atoms with E-state index in [2.05, 4.69) is 25.9 Å². The summed E-state index contributed by atoms with van der Waals surface area (Å²) in [4.78, 5) is 10.5. The van der Waals surface area contributed by atoms with Gasteiger partial charge < -0.3 is 9.64 Å². The lowest BCUT2D eigenvalue weighted by molar-refractivity contribution is -0.137. The van der Waals surface area contributed by atoms with Crippen LogP contribution in [0.2, 0.25) is 5.02 Å². The molecule has 2 aromatic rings. The van der Waals surface area contributed by atoms with Gasteiger partial charge >= 0.3 is 6.18 Å². The number of aliphatic imine (C=N–C) groups is 1. The van der Waals surface area contributed by atoms with Crippen LogP contribution in [0.3, 0.4) is 0 Å². The zero-order valence-corrected chi connectivity index (χ0v) is 16.6. The minimum absolute atomic E-state index is 0.0173. The van der Waals surface area contributed by atoms with Crippen molar-refractivity contribution in [3.63, 3.8) is 0 Å². The Morgan fingerprint density at radius 2 is 2.04 bits per heavy atom. The lowest BCUT2D eigenvalue weighted by Gasteiger charge is -2.13. The van der Waals surface area contributed by atoms with Gasteiger partial charge in [-0.3, -0.25) is 0 Å². The van der Waals surface area contributed by atoms with E-state index >= 15 is 0 Å². The van der Waals surface area contributed by atoms with Crippen LogP contribution >= 0.6 is 27.5 Å². The number of pyridine rings is 1. The fraction of sp³-hybridized carbons (Fsp3) is 0.294. The summed E-state index contributed by atoms with van der Waals surface area (Å²) in [5.41, 5.74) is 0.235. The summed E-state index contributed by atoms with van der Waals surface area (Å²) in [6.45, 7) is 4.53. The molecule has 0 fully saturated rings. The zero-order chi connectivity index (χ0) is 19.5. The largest absolute Gasteiger partial charge is 0.438 e. The van der Waals surface area contributed by atoms with Crippen molar-refractivity contribution in [2.24, 2.45) is 4.99 Å². The van der Waals surface area contributed by atoms with Crippen molar-refractivity contribution in [3.8, 4) is 11.6 Å². The van der Waals surface area contributed by atoms with Crippen LogP contribution in [0.5, 0.6) is 11.6 Å². The molecule has 0 unspecified atom stereocenters. The Morgan fingerprint density at radius 3 is 2.65 bits per heavy atom. The molecule has 0 atom stereocenters. The number of alkyl halides is 3. The van der Waals surface area contributed by atoms with Crippen LogP contribution in [-0.4, -0.2) is 29.8 Å². The summed E-state index contributed by atoms with van der Waals surface area (Å²) in [7, 11) is 1.89. The van der Waals surface area contributed by atoms with E-state index < -0.39 is 16.8 Å². The quantitative estimate of drug-likeness (QED) is 0.400. The molecule has 0 aliphatic carbocycles. The second-order valence-electron chi connectivity index (χ2n) is 5.44. The van der Waals surface area contributed by atoms with Crippen LogP contribution in [0.4, 0.5) is 18.9 Å². The minimum Gasteiger partial charge on any atom is -0.438 e. The van der Waals surface area contributed by atoms with Gasteiger partial charge in [-0.25, -0.2) is 9.98 Å². The molecule has 1 aromatic carbocycles. The monoisotopic (exact) mass is 449 g/mol. The second kappa shape index (κ2) is 8.26. The number of aromatic nitrogens is 1. The first-order valence-electron chi connectivity index (χ1n) is 7.58. The molecule has 0 aliphatic rings. The van der Waals surface area contributed by atoms with Crippen LogP contribution in [0.15, 0.2) is 33.7 Å². The van der Waals surface area contributed by atoms with E-state index in [0.29, 0.717) is 15.9 Å². The number of benzene rings is 1. The normalized spacial score (nSPS) is 11.8. The molecule has 0 spiro atoms. The van der Waals surface area contributed by atoms with Gasteiger partial charge in [0.15, 0.2) is 0 Å². The number of nitrogens with zero attached hydrogens (tertiary/aromatic N) is 3. The molecule has 0 saturated carbocycles. The Morgan fingerprint density at radius 1 is 1.35 bits per heavy atom. The molecular weight excluding hydrogens is 435 g/mol. The number of hydrogen-bond donors (Lipinski definition) is 0. The molecule has 0 saturated heterocycles. The number of ether oxygens (including phenoxy) is 1. The highest BCUT2D eigenvalue weighted by molar-refractivity contribution is 9.10. The first kappa shape index (κ1) is 20.5. The summed E-state index contributed by atoms with van der Waals surface area (Å²) < 4.78 is 44.8. The van der Waals surface area contributed by atoms with Crippen molar-refractivity contribution in [1.82, 2.24) is 9.88 Å². The van der Waals surface area contributed by atoms with Gasteiger partial charge in [-0.2, -0.15) is 13.2 Å². The molecular formula is C17H16BrClF3N3O. The third kappa shape index (κ3) is 5.11. The molecule has 1 aromatic heterocycles. The molecule has 9 heteroatoms. The molecule has 0 amide bonds. The van der Waals surface area contributed by atoms with Crippen molar-refractivity contribution in [1.29, 1.82) is 0 Å². The average Bonchev–Trinajstić information content (AvgIpc) is 2.56. The SMILES string of the molecule is CCN(C)C=Nc1cc(Br)c(Oc2ccc(Cl)c(C(F)(F)F)c2)nc1C. The van der Waals surface area contributed by atoms with Crippen LogP contribution in [0.1, 0.15) is 18.2 Å². The number of aryl methyl sites for hydroxylation is 1. The summed E-state index contributed by atoms with van der Waals surface area (Å²) in [6.07, 6.45) is -2.90. The molecule has 0 bridgehead atoms. The molecule has 4 nitrogen and oxygen atoms in total. The predicted octanol–water partition coefficient (Wildman–Crippen LogP) is 6.23. The van der Waals surface area contributed by atoms with E-state index in [-0.39, 0.29) is 11.6 Å². The van der Waals surface area contributed by atoms with Crippen molar-refractivity contribution >= 4 is 39.6 Å². The standard InChI is InChI=1S/C17H16BrClF3N3O/c1-4-25(3)9-23-15-8-13(18)16(24-10(15)2)26-11-5-6-14(19)12(7-11)17(20,21)22/h5-9H,4H2,1-3H3. The fourth-order valence-corrected chi connectivity index (χ4v) is 2.50. The smallest absolute Gasteiger partial charge is 0.417 e. The molecule has 140 valence electrons. The molecule has 0 aliphatic heterocycles. The number of halogens is 5. The highest BCUT2D eigenvalue weighted by atomic mass is 79.9. The Balaban J connectivity index is 2.31. The van der Waals surface area contributed by atoms with Crippen molar-refractivity contribution < 1.29 is 17.9 Å². The molecule has 0 N–H and O–H groups in total. The summed E-state index contributed by atoms with van der Waals surface area (Å²) >= 11 is 8.93. The van der Waals surface area contributed by atoms with Gasteiger partial charge in [-0.15, -0.1) is 0 Å². The lowest BCUT2D eigenvalue weighted by Crippen LogP contribution is -2.14. The van der Waals surface area contributed by atoms with Gasteiger partial charge in [0.2, 0.25) is 5.88 Å². The Kier molecular flexibility index (Phi) is 6.52. The van der Waals surface area contributed by atoms with Crippen molar-refractivity contribution in [3.05, 3.63) is 45.0 Å². The summed E-state index contributed by atoms with van der Waals surface area (Å²) in [5, 5.41) is -0.391. The van der Waals surface area contributed by atoms with E-state index in [9.17, 15) is 13.2 Å². The van der Waals surface area contributed by atoms with Crippen LogP contribution in [0.25, 0.3) is 0 Å². The van der Waals surface area contributed by atoms with Crippen LogP contribution in [0, 0.1) is 6.92 Å². The van der Waals surface area contributed by atoms with Crippen LogP contribution < -0.4 is 4.74 Å². The third-order valence-corrected chi connectivity index (χ3v) is 4.36. The second-order valence-corrected chi connectivity index (χ2v) is 6.70. The summed E-state index contributed by atoms with van der Waals surface area (Å²) in [5.74, 6) is 0.122. The van der Waals surface area contributed by atoms with Crippen molar-refractivity contribution in [2.45, 2.75) is 20.0 Å². The van der Waals surface area contributed by atoms with E-state index in [1.165, 1.54) is 6.07 Å². The highest BCUT2D eigenvalue weighted by Crippen LogP contribution is 2.39.